The molecule has 2 N–H and O–H groups in total. The third-order valence-corrected chi connectivity index (χ3v) is 5.80. The molecule has 0 radical (unpaired) electrons. The van der Waals surface area contributed by atoms with Gasteiger partial charge in [0, 0.05) is 5.57 Å². The third-order valence-electron chi connectivity index (χ3n) is 3.38. The Balaban J connectivity index is 2.71. The number of carbonyl (C=O) groups is 2. The summed E-state index contributed by atoms with van der Waals surface area (Å²) in [6.07, 6.45) is 2.10. The van der Waals surface area contributed by atoms with Gasteiger partial charge >= 0.3 is 5.97 Å². The first-order chi connectivity index (χ1) is 10.1. The van der Waals surface area contributed by atoms with Crippen molar-refractivity contribution in [3.8, 4) is 0 Å². The predicted molar refractivity (Wildman–Crippen MR) is 79.9 cm³/mol. The summed E-state index contributed by atoms with van der Waals surface area (Å²) in [4.78, 5) is 25.8. The molecule has 0 aromatic carbocycles. The number of nitrogens with zero attached hydrogens (tertiary/aromatic N) is 2. The number of carboxylic acid groups (broad SMARTS) is 1. The number of imidazole rings is 1. The number of carbonyl (C=O) groups excluding carboxylic acids is 1. The van der Waals surface area contributed by atoms with E-state index in [-0.39, 0.29) is 30.1 Å². The molecule has 120 valence electrons. The molecule has 22 heavy (non-hydrogen) atoms. The van der Waals surface area contributed by atoms with Gasteiger partial charge in [0.1, 0.15) is 0 Å². The molecular formula is C13H17N3O5S. The second kappa shape index (κ2) is 5.24. The number of hydrogen-bond donors (Lipinski definition) is 2. The van der Waals surface area contributed by atoms with Gasteiger partial charge in [-0.3, -0.25) is 10.1 Å². The number of anilines is 1. The minimum atomic E-state index is -3.81. The van der Waals surface area contributed by atoms with Crippen LogP contribution in [0.15, 0.2) is 5.57 Å². The van der Waals surface area contributed by atoms with Gasteiger partial charge in [-0.25, -0.2) is 22.2 Å². The number of aromatic nitrogens is 2. The summed E-state index contributed by atoms with van der Waals surface area (Å²) in [7, 11) is -3.81. The topological polar surface area (TPSA) is 118 Å². The van der Waals surface area contributed by atoms with Crippen LogP contribution in [0.4, 0.5) is 5.95 Å². The first kappa shape index (κ1) is 16.2. The normalized spacial score (nSPS) is 15.0. The van der Waals surface area contributed by atoms with E-state index in [1.165, 1.54) is 6.08 Å². The van der Waals surface area contributed by atoms with Gasteiger partial charge in [-0.1, -0.05) is 0 Å². The molecule has 1 aliphatic carbocycles. The monoisotopic (exact) mass is 327 g/mol. The number of amides is 1. The molecule has 0 fully saturated rings. The fourth-order valence-electron chi connectivity index (χ4n) is 2.14. The highest BCUT2D eigenvalue weighted by molar-refractivity contribution is 7.91. The lowest BCUT2D eigenvalue weighted by Crippen LogP contribution is -2.35. The number of fused-ring (bicyclic) bond motifs is 1. The number of carboxylic acids is 1. The molecule has 0 saturated heterocycles. The highest BCUT2D eigenvalue weighted by atomic mass is 32.2. The van der Waals surface area contributed by atoms with Gasteiger partial charge in [0.05, 0.1) is 16.1 Å². The molecule has 2 rings (SSSR count). The number of hydrogen-bond acceptors (Lipinski definition) is 5. The smallest absolute Gasteiger partial charge is 0.331 e. The molecular weight excluding hydrogens is 310 g/mol. The standard InChI is InChI=1S/C13H17N3O5S/c1-13(2,3)22(20,21)16-10-5-4-8(11(18)19)6-9(10)15-12(16)14-7-17/h6-7H,4-5H2,1-3H3,(H,18,19)(H,14,15,17). The zero-order chi connectivity index (χ0) is 16.7. The summed E-state index contributed by atoms with van der Waals surface area (Å²) < 4.78 is 25.4. The fraction of sp³-hybridized carbons (Fsp3) is 0.462. The molecule has 0 aliphatic heterocycles. The van der Waals surface area contributed by atoms with Crippen molar-refractivity contribution in [3.63, 3.8) is 0 Å². The molecule has 0 saturated carbocycles. The SMILES string of the molecule is CC(C)(C)S(=O)(=O)n1c(NC=O)nc2c1CCC(C(=O)O)=C2. The van der Waals surface area contributed by atoms with E-state index in [9.17, 15) is 18.0 Å². The Morgan fingerprint density at radius 1 is 1.41 bits per heavy atom. The summed E-state index contributed by atoms with van der Waals surface area (Å²) in [5, 5.41) is 11.3. The second-order valence-corrected chi connectivity index (χ2v) is 8.43. The molecule has 9 heteroatoms. The number of aliphatic carboxylic acids is 1. The van der Waals surface area contributed by atoms with Crippen molar-refractivity contribution in [2.24, 2.45) is 0 Å². The van der Waals surface area contributed by atoms with E-state index in [4.69, 9.17) is 5.11 Å². The summed E-state index contributed by atoms with van der Waals surface area (Å²) in [6, 6.07) is 0. The first-order valence-corrected chi connectivity index (χ1v) is 8.04. The Kier molecular flexibility index (Phi) is 3.86. The van der Waals surface area contributed by atoms with Crippen LogP contribution in [0.1, 0.15) is 38.6 Å². The number of rotatable bonds is 4. The Morgan fingerprint density at radius 2 is 2.05 bits per heavy atom. The van der Waals surface area contributed by atoms with Gasteiger partial charge in [-0.05, 0) is 39.7 Å². The average Bonchev–Trinajstić information content (AvgIpc) is 2.74. The van der Waals surface area contributed by atoms with E-state index < -0.39 is 20.7 Å². The summed E-state index contributed by atoms with van der Waals surface area (Å²) >= 11 is 0. The van der Waals surface area contributed by atoms with E-state index >= 15 is 0 Å². The maximum Gasteiger partial charge on any atom is 0.331 e. The van der Waals surface area contributed by atoms with Gasteiger partial charge < -0.3 is 5.11 Å². The van der Waals surface area contributed by atoms with Crippen LogP contribution < -0.4 is 5.32 Å². The van der Waals surface area contributed by atoms with Gasteiger partial charge in [0.25, 0.3) is 0 Å². The van der Waals surface area contributed by atoms with E-state index in [0.717, 1.165) is 3.97 Å². The fourth-order valence-corrected chi connectivity index (χ4v) is 3.48. The Morgan fingerprint density at radius 3 is 2.55 bits per heavy atom. The average molecular weight is 327 g/mol. The van der Waals surface area contributed by atoms with Crippen LogP contribution in [0, 0.1) is 0 Å². The maximum absolute atomic E-state index is 12.7. The van der Waals surface area contributed by atoms with Crippen LogP contribution in [0.5, 0.6) is 0 Å². The van der Waals surface area contributed by atoms with Crippen molar-refractivity contribution in [1.29, 1.82) is 0 Å². The van der Waals surface area contributed by atoms with E-state index in [2.05, 4.69) is 10.3 Å². The van der Waals surface area contributed by atoms with Crippen molar-refractivity contribution in [2.45, 2.75) is 38.4 Å². The first-order valence-electron chi connectivity index (χ1n) is 6.60. The van der Waals surface area contributed by atoms with Gasteiger partial charge in [-0.2, -0.15) is 0 Å². The number of nitrogens with one attached hydrogen (secondary N) is 1. The zero-order valence-corrected chi connectivity index (χ0v) is 13.3. The highest BCUT2D eigenvalue weighted by Crippen LogP contribution is 2.31. The van der Waals surface area contributed by atoms with Crippen LogP contribution in [0.3, 0.4) is 0 Å². The molecule has 1 amide bonds. The molecule has 1 aromatic heterocycles. The van der Waals surface area contributed by atoms with Crippen molar-refractivity contribution in [2.75, 3.05) is 5.32 Å². The molecule has 0 bridgehead atoms. The molecule has 0 unspecified atom stereocenters. The Labute approximate surface area is 127 Å². The van der Waals surface area contributed by atoms with Crippen molar-refractivity contribution >= 4 is 34.4 Å². The van der Waals surface area contributed by atoms with Gasteiger partial charge in [-0.15, -0.1) is 0 Å². The third kappa shape index (κ3) is 2.52. The molecule has 0 atom stereocenters. The lowest BCUT2D eigenvalue weighted by atomic mass is 10.0. The van der Waals surface area contributed by atoms with Crippen LogP contribution in [0.2, 0.25) is 0 Å². The Bertz CT molecular complexity index is 768. The Hall–Kier alpha value is -2.16. The van der Waals surface area contributed by atoms with Crippen molar-refractivity contribution in [3.05, 3.63) is 17.0 Å². The predicted octanol–water partition coefficient (Wildman–Crippen LogP) is 0.842. The molecule has 1 heterocycles. The van der Waals surface area contributed by atoms with Crippen molar-refractivity contribution in [1.82, 2.24) is 8.96 Å². The summed E-state index contributed by atoms with van der Waals surface area (Å²) in [5.74, 6) is -1.19. The van der Waals surface area contributed by atoms with E-state index in [1.54, 1.807) is 20.8 Å². The lowest BCUT2D eigenvalue weighted by Gasteiger charge is -2.23. The quantitative estimate of drug-likeness (QED) is 0.791. The second-order valence-electron chi connectivity index (χ2n) is 5.89. The van der Waals surface area contributed by atoms with Crippen molar-refractivity contribution < 1.29 is 23.1 Å². The van der Waals surface area contributed by atoms with E-state index in [1.807, 2.05) is 0 Å². The van der Waals surface area contributed by atoms with Gasteiger partial charge in [0.2, 0.25) is 22.4 Å². The molecule has 0 spiro atoms. The molecule has 1 aromatic rings. The summed E-state index contributed by atoms with van der Waals surface area (Å²) in [6.45, 7) is 4.63. The van der Waals surface area contributed by atoms with Gasteiger partial charge in [0.15, 0.2) is 0 Å². The minimum absolute atomic E-state index is 0.127. The van der Waals surface area contributed by atoms with Crippen LogP contribution in [0.25, 0.3) is 6.08 Å². The lowest BCUT2D eigenvalue weighted by molar-refractivity contribution is -0.132. The van der Waals surface area contributed by atoms with Crippen LogP contribution in [-0.2, 0) is 26.0 Å². The molecule has 1 aliphatic rings. The van der Waals surface area contributed by atoms with E-state index in [0.29, 0.717) is 12.1 Å². The molecule has 8 nitrogen and oxygen atoms in total. The zero-order valence-electron chi connectivity index (χ0n) is 12.5. The summed E-state index contributed by atoms with van der Waals surface area (Å²) in [5.41, 5.74) is 0.785. The highest BCUT2D eigenvalue weighted by Gasteiger charge is 2.36. The van der Waals surface area contributed by atoms with Crippen LogP contribution in [-0.4, -0.2) is 39.6 Å². The van der Waals surface area contributed by atoms with Crippen LogP contribution >= 0.6 is 0 Å². The minimum Gasteiger partial charge on any atom is -0.478 e. The largest absolute Gasteiger partial charge is 0.478 e. The maximum atomic E-state index is 12.7.